The fourth-order valence-corrected chi connectivity index (χ4v) is 3.76. The van der Waals surface area contributed by atoms with Gasteiger partial charge in [0.2, 0.25) is 0 Å². The summed E-state index contributed by atoms with van der Waals surface area (Å²) in [5, 5.41) is 21.7. The van der Waals surface area contributed by atoms with Crippen LogP contribution in [-0.4, -0.2) is 40.5 Å². The second-order valence-electron chi connectivity index (χ2n) is 6.91. The van der Waals surface area contributed by atoms with Gasteiger partial charge in [-0.3, -0.25) is 9.59 Å². The van der Waals surface area contributed by atoms with E-state index in [9.17, 15) is 19.8 Å². The van der Waals surface area contributed by atoms with Crippen LogP contribution in [0.15, 0.2) is 42.0 Å². The number of Topliss-reactive ketones (excluding diaryl/α,β-unsaturated/α-hetero) is 1. The number of hydrogen-bond acceptors (Lipinski definition) is 5. The average Bonchev–Trinajstić information content (AvgIpc) is 2.98. The van der Waals surface area contributed by atoms with Crippen molar-refractivity contribution in [3.05, 3.63) is 63.1 Å². The summed E-state index contributed by atoms with van der Waals surface area (Å²) in [6.07, 6.45) is 1.49. The lowest BCUT2D eigenvalue weighted by Crippen LogP contribution is -2.30. The van der Waals surface area contributed by atoms with Crippen LogP contribution in [0, 0.1) is 0 Å². The average molecular weight is 450 g/mol. The Balaban J connectivity index is 2.19. The zero-order valence-corrected chi connectivity index (χ0v) is 18.0. The number of rotatable bonds is 6. The Morgan fingerprint density at radius 1 is 1.13 bits per heavy atom. The number of amides is 1. The Morgan fingerprint density at radius 2 is 1.87 bits per heavy atom. The first kappa shape index (κ1) is 22.0. The predicted octanol–water partition coefficient (Wildman–Crippen LogP) is 4.93. The first-order valence-electron chi connectivity index (χ1n) is 9.40. The normalized spacial score (nSPS) is 18.1. The maximum absolute atomic E-state index is 12.9. The molecule has 1 atom stereocenters. The predicted molar refractivity (Wildman–Crippen MR) is 115 cm³/mol. The third-order valence-electron chi connectivity index (χ3n) is 5.00. The number of ketones is 1. The van der Waals surface area contributed by atoms with E-state index >= 15 is 0 Å². The molecule has 2 N–H and O–H groups in total. The van der Waals surface area contributed by atoms with Crippen LogP contribution in [0.3, 0.4) is 0 Å². The van der Waals surface area contributed by atoms with Crippen molar-refractivity contribution in [2.24, 2.45) is 0 Å². The molecule has 6 nitrogen and oxygen atoms in total. The van der Waals surface area contributed by atoms with E-state index in [0.717, 1.165) is 6.42 Å². The summed E-state index contributed by atoms with van der Waals surface area (Å²) in [5.74, 6) is -1.73. The molecule has 0 spiro atoms. The second kappa shape index (κ2) is 8.98. The van der Waals surface area contributed by atoms with Gasteiger partial charge in [0.15, 0.2) is 11.5 Å². The molecule has 1 amide bonds. The van der Waals surface area contributed by atoms with Crippen LogP contribution in [0.4, 0.5) is 0 Å². The fraction of sp³-hybridized carbons (Fsp3) is 0.273. The number of carbonyl (C=O) groups excluding carboxylic acids is 2. The summed E-state index contributed by atoms with van der Waals surface area (Å²) in [7, 11) is 1.42. The van der Waals surface area contributed by atoms with E-state index in [-0.39, 0.29) is 33.4 Å². The lowest BCUT2D eigenvalue weighted by atomic mass is 9.95. The van der Waals surface area contributed by atoms with Crippen molar-refractivity contribution < 1.29 is 24.5 Å². The summed E-state index contributed by atoms with van der Waals surface area (Å²) >= 11 is 12.0. The minimum Gasteiger partial charge on any atom is -0.507 e. The summed E-state index contributed by atoms with van der Waals surface area (Å²) in [5.41, 5.74) is 0.671. The van der Waals surface area contributed by atoms with Crippen molar-refractivity contribution in [1.29, 1.82) is 0 Å². The van der Waals surface area contributed by atoms with Gasteiger partial charge in [0.05, 0.1) is 28.8 Å². The molecule has 0 saturated carbocycles. The van der Waals surface area contributed by atoms with Gasteiger partial charge in [-0.05, 0) is 42.3 Å². The smallest absolute Gasteiger partial charge is 0.295 e. The van der Waals surface area contributed by atoms with Gasteiger partial charge in [0.25, 0.3) is 11.7 Å². The monoisotopic (exact) mass is 449 g/mol. The number of methoxy groups -OCH3 is 1. The van der Waals surface area contributed by atoms with E-state index in [1.54, 1.807) is 12.1 Å². The molecule has 1 aliphatic heterocycles. The number of halogens is 2. The van der Waals surface area contributed by atoms with Gasteiger partial charge in [-0.2, -0.15) is 0 Å². The number of aliphatic hydroxyl groups is 1. The van der Waals surface area contributed by atoms with E-state index in [1.165, 1.54) is 36.3 Å². The van der Waals surface area contributed by atoms with Gasteiger partial charge in [0.1, 0.15) is 5.76 Å². The summed E-state index contributed by atoms with van der Waals surface area (Å²) in [6, 6.07) is 8.21. The molecule has 3 rings (SSSR count). The number of phenols is 1. The zero-order valence-electron chi connectivity index (χ0n) is 16.5. The maximum Gasteiger partial charge on any atom is 0.295 e. The Kier molecular flexibility index (Phi) is 6.58. The first-order chi connectivity index (χ1) is 14.3. The maximum atomic E-state index is 12.9. The molecule has 2 aromatic rings. The number of aromatic hydroxyl groups is 1. The van der Waals surface area contributed by atoms with Crippen molar-refractivity contribution in [3.8, 4) is 11.5 Å². The highest BCUT2D eigenvalue weighted by Gasteiger charge is 2.46. The van der Waals surface area contributed by atoms with Crippen LogP contribution in [0.1, 0.15) is 36.9 Å². The third kappa shape index (κ3) is 3.98. The van der Waals surface area contributed by atoms with Crippen LogP contribution in [-0.2, 0) is 9.59 Å². The Bertz CT molecular complexity index is 1030. The Morgan fingerprint density at radius 3 is 2.47 bits per heavy atom. The topological polar surface area (TPSA) is 87.1 Å². The van der Waals surface area contributed by atoms with E-state index in [2.05, 4.69) is 0 Å². The summed E-state index contributed by atoms with van der Waals surface area (Å²) in [4.78, 5) is 27.1. The highest BCUT2D eigenvalue weighted by atomic mass is 35.5. The van der Waals surface area contributed by atoms with Gasteiger partial charge in [-0.15, -0.1) is 0 Å². The van der Waals surface area contributed by atoms with Crippen LogP contribution in [0.5, 0.6) is 11.5 Å². The molecule has 2 aromatic carbocycles. The molecule has 1 fully saturated rings. The number of ether oxygens (including phenoxy) is 1. The number of aliphatic hydroxyl groups excluding tert-OH is 1. The van der Waals surface area contributed by atoms with Gasteiger partial charge in [-0.25, -0.2) is 0 Å². The standard InChI is InChI=1S/C22H21Cl2NO5/c1-3-4-9-25-19(12-6-8-17(30-2)16(26)11-12)18(21(28)22(25)29)20(27)13-5-7-14(23)15(24)10-13/h5-8,10-11,19,26-27H,3-4,9H2,1-2H3/b20-18-. The van der Waals surface area contributed by atoms with Crippen LogP contribution in [0.2, 0.25) is 10.0 Å². The molecule has 1 saturated heterocycles. The molecule has 1 heterocycles. The third-order valence-corrected chi connectivity index (χ3v) is 5.74. The highest BCUT2D eigenvalue weighted by Crippen LogP contribution is 2.42. The largest absolute Gasteiger partial charge is 0.507 e. The number of hydrogen-bond donors (Lipinski definition) is 2. The van der Waals surface area contributed by atoms with Gasteiger partial charge >= 0.3 is 0 Å². The number of benzene rings is 2. The van der Waals surface area contributed by atoms with Crippen LogP contribution in [0.25, 0.3) is 5.76 Å². The van der Waals surface area contributed by atoms with E-state index < -0.39 is 17.7 Å². The molecule has 8 heteroatoms. The molecule has 0 aromatic heterocycles. The number of carbonyl (C=O) groups is 2. The SMILES string of the molecule is CCCCN1C(=O)C(=O)/C(=C(\O)c2ccc(Cl)c(Cl)c2)C1c1ccc(OC)c(O)c1. The van der Waals surface area contributed by atoms with E-state index in [4.69, 9.17) is 27.9 Å². The lowest BCUT2D eigenvalue weighted by Gasteiger charge is -2.25. The minimum atomic E-state index is -0.859. The van der Waals surface area contributed by atoms with Gasteiger partial charge in [-0.1, -0.05) is 42.6 Å². The summed E-state index contributed by atoms with van der Waals surface area (Å²) in [6.45, 7) is 2.30. The number of unbranched alkanes of at least 4 members (excludes halogenated alkanes) is 1. The lowest BCUT2D eigenvalue weighted by molar-refractivity contribution is -0.139. The number of phenolic OH excluding ortho intramolecular Hbond substituents is 1. The first-order valence-corrected chi connectivity index (χ1v) is 10.2. The van der Waals surface area contributed by atoms with Gasteiger partial charge in [0, 0.05) is 12.1 Å². The van der Waals surface area contributed by atoms with E-state index in [0.29, 0.717) is 23.6 Å². The molecule has 30 heavy (non-hydrogen) atoms. The second-order valence-corrected chi connectivity index (χ2v) is 7.72. The fourth-order valence-electron chi connectivity index (χ4n) is 3.46. The molecule has 158 valence electrons. The van der Waals surface area contributed by atoms with Crippen molar-refractivity contribution in [1.82, 2.24) is 4.90 Å². The number of likely N-dealkylation sites (tertiary alicyclic amines) is 1. The van der Waals surface area contributed by atoms with Crippen molar-refractivity contribution in [2.75, 3.05) is 13.7 Å². The van der Waals surface area contributed by atoms with Crippen molar-refractivity contribution in [3.63, 3.8) is 0 Å². The minimum absolute atomic E-state index is 0.0703. The Labute approximate surface area is 184 Å². The number of nitrogens with zero attached hydrogens (tertiary/aromatic N) is 1. The summed E-state index contributed by atoms with van der Waals surface area (Å²) < 4.78 is 5.08. The van der Waals surface area contributed by atoms with Crippen molar-refractivity contribution >= 4 is 40.7 Å². The Hall–Kier alpha value is -2.70. The van der Waals surface area contributed by atoms with Gasteiger partial charge < -0.3 is 19.8 Å². The van der Waals surface area contributed by atoms with Crippen molar-refractivity contribution in [2.45, 2.75) is 25.8 Å². The van der Waals surface area contributed by atoms with E-state index in [1.807, 2.05) is 6.92 Å². The molecule has 1 aliphatic rings. The quantitative estimate of drug-likeness (QED) is 0.370. The van der Waals surface area contributed by atoms with Crippen LogP contribution < -0.4 is 4.74 Å². The zero-order chi connectivity index (χ0) is 22.0. The molecule has 0 radical (unpaired) electrons. The molecule has 0 aliphatic carbocycles. The molecule has 1 unspecified atom stereocenters. The highest BCUT2D eigenvalue weighted by molar-refractivity contribution is 6.46. The molecular formula is C22H21Cl2NO5. The van der Waals surface area contributed by atoms with Crippen LogP contribution >= 0.6 is 23.2 Å². The molecule has 0 bridgehead atoms. The molecular weight excluding hydrogens is 429 g/mol.